The van der Waals surface area contributed by atoms with Gasteiger partial charge >= 0.3 is 0 Å². The summed E-state index contributed by atoms with van der Waals surface area (Å²) in [6.07, 6.45) is 5.20. The van der Waals surface area contributed by atoms with Crippen molar-refractivity contribution in [3.63, 3.8) is 0 Å². The van der Waals surface area contributed by atoms with Crippen LogP contribution in [0.15, 0.2) is 12.4 Å². The predicted octanol–water partition coefficient (Wildman–Crippen LogP) is 0.184. The second-order valence-electron chi connectivity index (χ2n) is 6.05. The van der Waals surface area contributed by atoms with Crippen LogP contribution >= 0.6 is 0 Å². The van der Waals surface area contributed by atoms with E-state index in [4.69, 9.17) is 0 Å². The quantitative estimate of drug-likeness (QED) is 0.768. The molecule has 0 unspecified atom stereocenters. The highest BCUT2D eigenvalue weighted by atomic mass is 32.2. The number of sulfonamides is 1. The van der Waals surface area contributed by atoms with Crippen LogP contribution in [0.5, 0.6) is 0 Å². The number of likely N-dealkylation sites (tertiary alicyclic amines) is 1. The topological polar surface area (TPSA) is 86.7 Å². The first-order chi connectivity index (χ1) is 11.5. The van der Waals surface area contributed by atoms with Crippen LogP contribution < -0.4 is 4.90 Å². The minimum absolute atomic E-state index is 0.0750. The van der Waals surface area contributed by atoms with Crippen molar-refractivity contribution in [3.05, 3.63) is 18.1 Å². The lowest BCUT2D eigenvalue weighted by atomic mass is 10.3. The summed E-state index contributed by atoms with van der Waals surface area (Å²) in [5.41, 5.74) is 0.359. The van der Waals surface area contributed by atoms with Crippen molar-refractivity contribution in [1.82, 2.24) is 19.2 Å². The fraction of sp³-hybridized carbons (Fsp3) is 0.667. The third-order valence-corrected chi connectivity index (χ3v) is 6.44. The van der Waals surface area contributed by atoms with Gasteiger partial charge in [-0.3, -0.25) is 9.78 Å². The summed E-state index contributed by atoms with van der Waals surface area (Å²) >= 11 is 0. The number of anilines is 1. The molecule has 0 atom stereocenters. The normalized spacial score (nSPS) is 19.7. The van der Waals surface area contributed by atoms with Crippen LogP contribution in [0.2, 0.25) is 0 Å². The van der Waals surface area contributed by atoms with Gasteiger partial charge in [-0.25, -0.2) is 13.4 Å². The lowest BCUT2D eigenvalue weighted by Crippen LogP contribution is -2.49. The SMILES string of the molecule is CCS(=O)(=O)N1CCN(c2cncc(C(=O)N3CCCC3)n2)CC1. The highest BCUT2D eigenvalue weighted by molar-refractivity contribution is 7.89. The van der Waals surface area contributed by atoms with E-state index >= 15 is 0 Å². The van der Waals surface area contributed by atoms with E-state index in [0.717, 1.165) is 25.9 Å². The van der Waals surface area contributed by atoms with Crippen molar-refractivity contribution in [2.75, 3.05) is 49.9 Å². The zero-order valence-corrected chi connectivity index (χ0v) is 14.7. The molecule has 0 aliphatic carbocycles. The van der Waals surface area contributed by atoms with E-state index in [0.29, 0.717) is 37.7 Å². The number of hydrogen-bond acceptors (Lipinski definition) is 6. The molecule has 1 amide bonds. The molecule has 8 nitrogen and oxygen atoms in total. The predicted molar refractivity (Wildman–Crippen MR) is 90.4 cm³/mol. The van der Waals surface area contributed by atoms with Gasteiger partial charge in [0.15, 0.2) is 0 Å². The van der Waals surface area contributed by atoms with Gasteiger partial charge in [0.2, 0.25) is 10.0 Å². The third kappa shape index (κ3) is 3.51. The van der Waals surface area contributed by atoms with E-state index in [9.17, 15) is 13.2 Å². The van der Waals surface area contributed by atoms with Crippen LogP contribution in [0, 0.1) is 0 Å². The maximum atomic E-state index is 12.4. The summed E-state index contributed by atoms with van der Waals surface area (Å²) in [6.45, 7) is 5.17. The maximum Gasteiger partial charge on any atom is 0.274 e. The van der Waals surface area contributed by atoms with Crippen LogP contribution in [0.4, 0.5) is 5.82 Å². The molecular formula is C15H23N5O3S. The molecule has 1 aromatic heterocycles. The number of carbonyl (C=O) groups is 1. The monoisotopic (exact) mass is 353 g/mol. The molecule has 2 aliphatic rings. The minimum atomic E-state index is -3.15. The number of amides is 1. The van der Waals surface area contributed by atoms with E-state index in [1.165, 1.54) is 10.5 Å². The van der Waals surface area contributed by atoms with Gasteiger partial charge in [-0.05, 0) is 19.8 Å². The Bertz CT molecular complexity index is 695. The van der Waals surface area contributed by atoms with Crippen molar-refractivity contribution in [3.8, 4) is 0 Å². The number of carbonyl (C=O) groups excluding carboxylic acids is 1. The van der Waals surface area contributed by atoms with E-state index in [1.54, 1.807) is 18.0 Å². The molecule has 132 valence electrons. The molecular weight excluding hydrogens is 330 g/mol. The highest BCUT2D eigenvalue weighted by Crippen LogP contribution is 2.17. The lowest BCUT2D eigenvalue weighted by molar-refractivity contribution is 0.0786. The first-order valence-corrected chi connectivity index (χ1v) is 9.96. The Labute approximate surface area is 142 Å². The smallest absolute Gasteiger partial charge is 0.274 e. The van der Waals surface area contributed by atoms with Crippen molar-refractivity contribution < 1.29 is 13.2 Å². The highest BCUT2D eigenvalue weighted by Gasteiger charge is 2.27. The van der Waals surface area contributed by atoms with Gasteiger partial charge in [0, 0.05) is 39.3 Å². The van der Waals surface area contributed by atoms with Crippen LogP contribution in [0.3, 0.4) is 0 Å². The molecule has 24 heavy (non-hydrogen) atoms. The summed E-state index contributed by atoms with van der Waals surface area (Å²) < 4.78 is 25.3. The van der Waals surface area contributed by atoms with Gasteiger partial charge in [-0.2, -0.15) is 4.31 Å². The van der Waals surface area contributed by atoms with Crippen molar-refractivity contribution in [1.29, 1.82) is 0 Å². The van der Waals surface area contributed by atoms with E-state index in [-0.39, 0.29) is 11.7 Å². The summed E-state index contributed by atoms with van der Waals surface area (Å²) in [5.74, 6) is 0.676. The van der Waals surface area contributed by atoms with Crippen molar-refractivity contribution in [2.24, 2.45) is 0 Å². The Hall–Kier alpha value is -1.74. The maximum absolute atomic E-state index is 12.4. The first-order valence-electron chi connectivity index (χ1n) is 8.35. The van der Waals surface area contributed by atoms with Gasteiger partial charge in [0.25, 0.3) is 5.91 Å². The zero-order chi connectivity index (χ0) is 17.2. The summed E-state index contributed by atoms with van der Waals surface area (Å²) in [5, 5.41) is 0. The second kappa shape index (κ2) is 7.02. The van der Waals surface area contributed by atoms with Crippen molar-refractivity contribution in [2.45, 2.75) is 19.8 Å². The average Bonchev–Trinajstić information content (AvgIpc) is 3.16. The molecule has 1 aromatic rings. The third-order valence-electron chi connectivity index (χ3n) is 4.56. The molecule has 0 saturated carbocycles. The summed E-state index contributed by atoms with van der Waals surface area (Å²) in [7, 11) is -3.15. The van der Waals surface area contributed by atoms with Crippen LogP contribution in [-0.4, -0.2) is 78.5 Å². The van der Waals surface area contributed by atoms with E-state index in [2.05, 4.69) is 9.97 Å². The Kier molecular flexibility index (Phi) is 5.00. The van der Waals surface area contributed by atoms with Gasteiger partial charge < -0.3 is 9.80 Å². The molecule has 2 fully saturated rings. The van der Waals surface area contributed by atoms with Crippen LogP contribution in [-0.2, 0) is 10.0 Å². The average molecular weight is 353 g/mol. The fourth-order valence-corrected chi connectivity index (χ4v) is 4.16. The molecule has 2 saturated heterocycles. The number of piperazine rings is 1. The second-order valence-corrected chi connectivity index (χ2v) is 8.31. The van der Waals surface area contributed by atoms with Gasteiger partial charge in [0.1, 0.15) is 11.5 Å². The molecule has 0 bridgehead atoms. The van der Waals surface area contributed by atoms with Gasteiger partial charge in [0.05, 0.1) is 18.1 Å². The molecule has 9 heteroatoms. The van der Waals surface area contributed by atoms with Crippen LogP contribution in [0.1, 0.15) is 30.3 Å². The molecule has 0 aromatic carbocycles. The summed E-state index contributed by atoms with van der Waals surface area (Å²) in [4.78, 5) is 24.8. The molecule has 0 N–H and O–H groups in total. The van der Waals surface area contributed by atoms with Gasteiger partial charge in [-0.15, -0.1) is 0 Å². The lowest BCUT2D eigenvalue weighted by Gasteiger charge is -2.34. The first kappa shape index (κ1) is 17.1. The fourth-order valence-electron chi connectivity index (χ4n) is 3.07. The number of rotatable bonds is 4. The van der Waals surface area contributed by atoms with Gasteiger partial charge in [-0.1, -0.05) is 0 Å². The number of hydrogen-bond donors (Lipinski definition) is 0. The molecule has 3 heterocycles. The molecule has 0 spiro atoms. The van der Waals surface area contributed by atoms with Crippen molar-refractivity contribution >= 4 is 21.7 Å². The zero-order valence-electron chi connectivity index (χ0n) is 13.9. The van der Waals surface area contributed by atoms with E-state index < -0.39 is 10.0 Å². The molecule has 2 aliphatic heterocycles. The molecule has 3 rings (SSSR count). The Morgan fingerprint density at radius 1 is 1.08 bits per heavy atom. The molecule has 0 radical (unpaired) electrons. The van der Waals surface area contributed by atoms with E-state index in [1.807, 2.05) is 4.90 Å². The Balaban J connectivity index is 1.68. The number of nitrogens with zero attached hydrogens (tertiary/aromatic N) is 5. The minimum Gasteiger partial charge on any atom is -0.353 e. The summed E-state index contributed by atoms with van der Waals surface area (Å²) in [6, 6.07) is 0. The Morgan fingerprint density at radius 3 is 2.38 bits per heavy atom. The van der Waals surface area contributed by atoms with Crippen LogP contribution in [0.25, 0.3) is 0 Å². The Morgan fingerprint density at radius 2 is 1.75 bits per heavy atom. The standard InChI is InChI=1S/C15H23N5O3S/c1-2-24(22,23)20-9-7-18(8-10-20)14-12-16-11-13(17-14)15(21)19-5-3-4-6-19/h11-12H,2-10H2,1H3. The largest absolute Gasteiger partial charge is 0.353 e. The number of aromatic nitrogens is 2.